The fourth-order valence-corrected chi connectivity index (χ4v) is 2.70. The first-order valence-corrected chi connectivity index (χ1v) is 7.28. The highest BCUT2D eigenvalue weighted by atomic mass is 79.9. The number of hydrogen-bond acceptors (Lipinski definition) is 1. The molecule has 0 radical (unpaired) electrons. The predicted octanol–water partition coefficient (Wildman–Crippen LogP) is 3.99. The number of nitrogens with zero attached hydrogens (tertiary/aromatic N) is 1. The average molecular weight is 310 g/mol. The second-order valence-corrected chi connectivity index (χ2v) is 6.68. The summed E-state index contributed by atoms with van der Waals surface area (Å²) in [6, 6.07) is 8.13. The Morgan fingerprint density at radius 2 is 2.00 bits per heavy atom. The summed E-state index contributed by atoms with van der Waals surface area (Å²) in [4.78, 5) is 14.1. The Hall–Kier alpha value is -0.830. The zero-order valence-corrected chi connectivity index (χ0v) is 12.7. The van der Waals surface area contributed by atoms with Crippen molar-refractivity contribution in [3.8, 4) is 0 Å². The number of likely N-dealkylation sites (tertiary alicyclic amines) is 1. The van der Waals surface area contributed by atoms with Crippen LogP contribution < -0.4 is 0 Å². The van der Waals surface area contributed by atoms with E-state index in [-0.39, 0.29) is 5.91 Å². The molecular formula is C15H20BrNO. The summed E-state index contributed by atoms with van der Waals surface area (Å²) in [5, 5.41) is 0. The van der Waals surface area contributed by atoms with Crippen molar-refractivity contribution in [3.63, 3.8) is 0 Å². The van der Waals surface area contributed by atoms with Crippen molar-refractivity contribution in [2.75, 3.05) is 6.54 Å². The van der Waals surface area contributed by atoms with E-state index in [1.54, 1.807) is 0 Å². The first-order valence-electron chi connectivity index (χ1n) is 6.49. The third kappa shape index (κ3) is 3.35. The molecule has 1 aliphatic heterocycles. The fourth-order valence-electron chi connectivity index (χ4n) is 2.29. The molecule has 0 spiro atoms. The van der Waals surface area contributed by atoms with Gasteiger partial charge in [0, 0.05) is 24.0 Å². The van der Waals surface area contributed by atoms with E-state index in [0.29, 0.717) is 11.8 Å². The Bertz CT molecular complexity index is 442. The molecule has 0 aliphatic carbocycles. The molecule has 98 valence electrons. The summed E-state index contributed by atoms with van der Waals surface area (Å²) in [5.74, 6) is 0.288. The second kappa shape index (κ2) is 5.43. The van der Waals surface area contributed by atoms with Gasteiger partial charge in [0.1, 0.15) is 0 Å². The van der Waals surface area contributed by atoms with Crippen LogP contribution in [0.2, 0.25) is 0 Å². The minimum Gasteiger partial charge on any atom is -0.338 e. The van der Waals surface area contributed by atoms with Crippen LogP contribution in [0.3, 0.4) is 0 Å². The zero-order valence-electron chi connectivity index (χ0n) is 11.1. The minimum atomic E-state index is 0.288. The van der Waals surface area contributed by atoms with Crippen molar-refractivity contribution in [1.82, 2.24) is 4.90 Å². The van der Waals surface area contributed by atoms with Gasteiger partial charge in [0.15, 0.2) is 0 Å². The molecule has 1 aromatic rings. The quantitative estimate of drug-likeness (QED) is 0.809. The Morgan fingerprint density at radius 3 is 2.72 bits per heavy atom. The lowest BCUT2D eigenvalue weighted by atomic mass is 9.85. The number of carbonyl (C=O) groups is 1. The van der Waals surface area contributed by atoms with Crippen molar-refractivity contribution in [2.45, 2.75) is 39.7 Å². The van der Waals surface area contributed by atoms with Crippen molar-refractivity contribution < 1.29 is 4.79 Å². The van der Waals surface area contributed by atoms with Crippen LogP contribution in [0.15, 0.2) is 28.7 Å². The first-order chi connectivity index (χ1) is 8.48. The van der Waals surface area contributed by atoms with Gasteiger partial charge in [0.25, 0.3) is 0 Å². The van der Waals surface area contributed by atoms with Gasteiger partial charge in [-0.2, -0.15) is 0 Å². The summed E-state index contributed by atoms with van der Waals surface area (Å²) >= 11 is 3.55. The van der Waals surface area contributed by atoms with Crippen LogP contribution in [-0.4, -0.2) is 17.4 Å². The third-order valence-corrected chi connectivity index (χ3v) is 4.52. The third-order valence-electron chi connectivity index (χ3n) is 3.75. The highest BCUT2D eigenvalue weighted by Crippen LogP contribution is 2.31. The van der Waals surface area contributed by atoms with Gasteiger partial charge in [-0.25, -0.2) is 0 Å². The number of halogens is 1. The van der Waals surface area contributed by atoms with Crippen molar-refractivity contribution >= 4 is 21.8 Å². The van der Waals surface area contributed by atoms with Gasteiger partial charge < -0.3 is 4.90 Å². The van der Waals surface area contributed by atoms with Crippen LogP contribution >= 0.6 is 15.9 Å². The van der Waals surface area contributed by atoms with Crippen molar-refractivity contribution in [2.24, 2.45) is 5.41 Å². The van der Waals surface area contributed by atoms with Crippen LogP contribution in [0, 0.1) is 5.41 Å². The van der Waals surface area contributed by atoms with Crippen LogP contribution in [0.5, 0.6) is 0 Å². The predicted molar refractivity (Wildman–Crippen MR) is 77.2 cm³/mol. The number of carbonyl (C=O) groups excluding carboxylic acids is 1. The molecule has 0 bridgehead atoms. The molecule has 0 aromatic heterocycles. The van der Waals surface area contributed by atoms with E-state index in [1.165, 1.54) is 5.56 Å². The maximum Gasteiger partial charge on any atom is 0.222 e. The average Bonchev–Trinajstić information content (AvgIpc) is 2.45. The van der Waals surface area contributed by atoms with Gasteiger partial charge >= 0.3 is 0 Å². The van der Waals surface area contributed by atoms with E-state index in [0.717, 1.165) is 30.4 Å². The van der Waals surface area contributed by atoms with Gasteiger partial charge in [-0.15, -0.1) is 0 Å². The lowest BCUT2D eigenvalue weighted by molar-refractivity contribution is -0.131. The molecule has 1 fully saturated rings. The fraction of sp³-hybridized carbons (Fsp3) is 0.533. The van der Waals surface area contributed by atoms with Gasteiger partial charge in [0.2, 0.25) is 5.91 Å². The Labute approximate surface area is 117 Å². The van der Waals surface area contributed by atoms with Gasteiger partial charge in [-0.05, 0) is 29.9 Å². The van der Waals surface area contributed by atoms with E-state index >= 15 is 0 Å². The summed E-state index contributed by atoms with van der Waals surface area (Å²) in [6.45, 7) is 6.09. The molecule has 1 aliphatic rings. The Morgan fingerprint density at radius 1 is 1.28 bits per heavy atom. The lowest BCUT2D eigenvalue weighted by Gasteiger charge is -2.23. The smallest absolute Gasteiger partial charge is 0.222 e. The maximum atomic E-state index is 12.1. The minimum absolute atomic E-state index is 0.288. The largest absolute Gasteiger partial charge is 0.338 e. The molecule has 2 rings (SSSR count). The SMILES string of the molecule is CC1(C)CCC(=O)N(Cc2ccccc2Br)CC1. The van der Waals surface area contributed by atoms with Gasteiger partial charge in [-0.1, -0.05) is 48.0 Å². The molecule has 1 saturated heterocycles. The van der Waals surface area contributed by atoms with Crippen LogP contribution in [0.1, 0.15) is 38.7 Å². The molecule has 0 atom stereocenters. The second-order valence-electron chi connectivity index (χ2n) is 5.82. The molecule has 18 heavy (non-hydrogen) atoms. The van der Waals surface area contributed by atoms with Crippen molar-refractivity contribution in [1.29, 1.82) is 0 Å². The molecule has 2 nitrogen and oxygen atoms in total. The topological polar surface area (TPSA) is 20.3 Å². The standard InChI is InChI=1S/C15H20BrNO/c1-15(2)8-7-14(18)17(10-9-15)11-12-5-3-4-6-13(12)16/h3-6H,7-11H2,1-2H3. The monoisotopic (exact) mass is 309 g/mol. The van der Waals surface area contributed by atoms with Crippen LogP contribution in [0.4, 0.5) is 0 Å². The van der Waals surface area contributed by atoms with Gasteiger partial charge in [0.05, 0.1) is 0 Å². The zero-order chi connectivity index (χ0) is 13.2. The number of hydrogen-bond donors (Lipinski definition) is 0. The van der Waals surface area contributed by atoms with Gasteiger partial charge in [-0.3, -0.25) is 4.79 Å². The van der Waals surface area contributed by atoms with E-state index in [1.807, 2.05) is 23.1 Å². The molecular weight excluding hydrogens is 290 g/mol. The highest BCUT2D eigenvalue weighted by molar-refractivity contribution is 9.10. The van der Waals surface area contributed by atoms with Crippen molar-refractivity contribution in [3.05, 3.63) is 34.3 Å². The van der Waals surface area contributed by atoms with E-state index < -0.39 is 0 Å². The summed E-state index contributed by atoms with van der Waals surface area (Å²) in [7, 11) is 0. The summed E-state index contributed by atoms with van der Waals surface area (Å²) in [6.07, 6.45) is 2.76. The maximum absolute atomic E-state index is 12.1. The molecule has 0 saturated carbocycles. The normalized spacial score (nSPS) is 19.7. The van der Waals surface area contributed by atoms with E-state index in [2.05, 4.69) is 35.8 Å². The molecule has 1 heterocycles. The van der Waals surface area contributed by atoms with Crippen LogP contribution in [-0.2, 0) is 11.3 Å². The Balaban J connectivity index is 2.09. The molecule has 1 aromatic carbocycles. The summed E-state index contributed by atoms with van der Waals surface area (Å²) < 4.78 is 1.08. The summed E-state index contributed by atoms with van der Waals surface area (Å²) in [5.41, 5.74) is 1.48. The van der Waals surface area contributed by atoms with E-state index in [9.17, 15) is 4.79 Å². The Kier molecular flexibility index (Phi) is 4.10. The highest BCUT2D eigenvalue weighted by Gasteiger charge is 2.27. The van der Waals surface area contributed by atoms with E-state index in [4.69, 9.17) is 0 Å². The lowest BCUT2D eigenvalue weighted by Crippen LogP contribution is -2.30. The molecule has 0 N–H and O–H groups in total. The number of rotatable bonds is 2. The molecule has 3 heteroatoms. The number of amides is 1. The molecule has 1 amide bonds. The van der Waals surface area contributed by atoms with Crippen LogP contribution in [0.25, 0.3) is 0 Å². The molecule has 0 unspecified atom stereocenters. The number of benzene rings is 1. The first kappa shape index (κ1) is 13.6.